The van der Waals surface area contributed by atoms with Crippen molar-refractivity contribution in [2.45, 2.75) is 13.8 Å². The second kappa shape index (κ2) is 6.08. The Balaban J connectivity index is 2.47. The number of halogens is 2. The van der Waals surface area contributed by atoms with Crippen LogP contribution in [0.25, 0.3) is 0 Å². The van der Waals surface area contributed by atoms with Crippen molar-refractivity contribution < 1.29 is 0 Å². The normalized spacial score (nSPS) is 10.4. The molecule has 3 nitrogen and oxygen atoms in total. The molecular formula is C14H13BrClN3S. The molecule has 2 aromatic rings. The molecule has 0 saturated carbocycles. The first-order valence-electron chi connectivity index (χ1n) is 5.88. The number of hydrogen-bond donors (Lipinski definition) is 2. The summed E-state index contributed by atoms with van der Waals surface area (Å²) < 4.78 is 0.840. The first kappa shape index (κ1) is 15.2. The zero-order valence-corrected chi connectivity index (χ0v) is 14.2. The van der Waals surface area contributed by atoms with Crippen molar-refractivity contribution in [2.24, 2.45) is 5.73 Å². The zero-order chi connectivity index (χ0) is 14.9. The third-order valence-corrected chi connectivity index (χ3v) is 4.21. The van der Waals surface area contributed by atoms with E-state index >= 15 is 0 Å². The number of hydrogen-bond acceptors (Lipinski definition) is 3. The predicted molar refractivity (Wildman–Crippen MR) is 92.0 cm³/mol. The lowest BCUT2D eigenvalue weighted by atomic mass is 10.1. The van der Waals surface area contributed by atoms with E-state index in [2.05, 4.69) is 26.2 Å². The average Bonchev–Trinajstić information content (AvgIpc) is 2.32. The Labute approximate surface area is 136 Å². The minimum atomic E-state index is 0.320. The number of aryl methyl sites for hydroxylation is 2. The molecule has 104 valence electrons. The molecule has 1 aromatic carbocycles. The van der Waals surface area contributed by atoms with Crippen LogP contribution in [0.3, 0.4) is 0 Å². The maximum atomic E-state index is 6.09. The third kappa shape index (κ3) is 3.29. The topological polar surface area (TPSA) is 50.9 Å². The average molecular weight is 371 g/mol. The van der Waals surface area contributed by atoms with Crippen molar-refractivity contribution in [1.82, 2.24) is 4.98 Å². The summed E-state index contributed by atoms with van der Waals surface area (Å²) in [6.07, 6.45) is 0. The lowest BCUT2D eigenvalue weighted by molar-refractivity contribution is 1.17. The molecule has 0 fully saturated rings. The van der Waals surface area contributed by atoms with Crippen molar-refractivity contribution in [2.75, 3.05) is 5.32 Å². The largest absolute Gasteiger partial charge is 0.389 e. The highest BCUT2D eigenvalue weighted by Gasteiger charge is 2.12. The lowest BCUT2D eigenvalue weighted by Gasteiger charge is -2.14. The van der Waals surface area contributed by atoms with Gasteiger partial charge in [0.05, 0.1) is 10.6 Å². The van der Waals surface area contributed by atoms with Crippen LogP contribution in [0.4, 0.5) is 11.5 Å². The molecule has 0 radical (unpaired) electrons. The Kier molecular flexibility index (Phi) is 4.62. The van der Waals surface area contributed by atoms with Crippen LogP contribution < -0.4 is 11.1 Å². The lowest BCUT2D eigenvalue weighted by Crippen LogP contribution is -2.15. The molecule has 6 heteroatoms. The van der Waals surface area contributed by atoms with Crippen LogP contribution in [0.5, 0.6) is 0 Å². The molecule has 3 N–H and O–H groups in total. The third-order valence-electron chi connectivity index (χ3n) is 2.77. The van der Waals surface area contributed by atoms with Gasteiger partial charge in [-0.15, -0.1) is 0 Å². The highest BCUT2D eigenvalue weighted by Crippen LogP contribution is 2.28. The summed E-state index contributed by atoms with van der Waals surface area (Å²) in [6.45, 7) is 3.89. The van der Waals surface area contributed by atoms with Gasteiger partial charge in [-0.3, -0.25) is 0 Å². The van der Waals surface area contributed by atoms with Crippen LogP contribution in [0.2, 0.25) is 5.02 Å². The van der Waals surface area contributed by atoms with Gasteiger partial charge in [-0.1, -0.05) is 23.8 Å². The van der Waals surface area contributed by atoms with Crippen LogP contribution in [0.15, 0.2) is 28.7 Å². The van der Waals surface area contributed by atoms with Crippen LogP contribution in [-0.2, 0) is 0 Å². The Morgan fingerprint density at radius 2 is 2.05 bits per heavy atom. The van der Waals surface area contributed by atoms with Gasteiger partial charge in [0.2, 0.25) is 0 Å². The molecule has 0 unspecified atom stereocenters. The zero-order valence-electron chi connectivity index (χ0n) is 11.0. The summed E-state index contributed by atoms with van der Waals surface area (Å²) in [7, 11) is 0. The van der Waals surface area contributed by atoms with Crippen molar-refractivity contribution >= 4 is 56.2 Å². The van der Waals surface area contributed by atoms with Gasteiger partial charge in [0.25, 0.3) is 0 Å². The van der Waals surface area contributed by atoms with Crippen LogP contribution >= 0.6 is 39.7 Å². The maximum absolute atomic E-state index is 6.09. The number of thiocarbonyl (C=S) groups is 1. The second-order valence-electron chi connectivity index (χ2n) is 4.42. The highest BCUT2D eigenvalue weighted by molar-refractivity contribution is 9.10. The predicted octanol–water partition coefficient (Wildman–Crippen LogP) is 4.49. The van der Waals surface area contributed by atoms with E-state index in [1.54, 1.807) is 0 Å². The molecule has 0 saturated heterocycles. The SMILES string of the molecule is Cc1cc(C)c(C(N)=S)c(Nc2ccc(Br)c(Cl)c2)n1. The Bertz CT molecular complexity index is 688. The van der Waals surface area contributed by atoms with Gasteiger partial charge in [0.15, 0.2) is 0 Å². The van der Waals surface area contributed by atoms with E-state index in [-0.39, 0.29) is 0 Å². The quantitative estimate of drug-likeness (QED) is 0.781. The van der Waals surface area contributed by atoms with Gasteiger partial charge in [-0.05, 0) is 59.6 Å². The minimum Gasteiger partial charge on any atom is -0.389 e. The van der Waals surface area contributed by atoms with Crippen LogP contribution in [0, 0.1) is 13.8 Å². The van der Waals surface area contributed by atoms with E-state index in [0.29, 0.717) is 15.8 Å². The summed E-state index contributed by atoms with van der Waals surface area (Å²) in [5, 5.41) is 3.84. The van der Waals surface area contributed by atoms with Gasteiger partial charge in [0.1, 0.15) is 10.8 Å². The summed E-state index contributed by atoms with van der Waals surface area (Å²) in [5.74, 6) is 0.647. The molecule has 0 aliphatic rings. The van der Waals surface area contributed by atoms with E-state index < -0.39 is 0 Å². The summed E-state index contributed by atoms with van der Waals surface area (Å²) in [4.78, 5) is 4.79. The number of nitrogens with one attached hydrogen (secondary N) is 1. The number of anilines is 2. The van der Waals surface area contributed by atoms with Gasteiger partial charge in [-0.2, -0.15) is 0 Å². The number of aromatic nitrogens is 1. The van der Waals surface area contributed by atoms with Gasteiger partial charge in [0, 0.05) is 15.9 Å². The van der Waals surface area contributed by atoms with Crippen molar-refractivity contribution in [1.29, 1.82) is 0 Å². The monoisotopic (exact) mass is 369 g/mol. The van der Waals surface area contributed by atoms with E-state index in [4.69, 9.17) is 29.6 Å². The van der Waals surface area contributed by atoms with Gasteiger partial charge < -0.3 is 11.1 Å². The molecule has 2 rings (SSSR count). The molecule has 0 amide bonds. The smallest absolute Gasteiger partial charge is 0.141 e. The number of pyridine rings is 1. The van der Waals surface area contributed by atoms with E-state index in [1.165, 1.54) is 0 Å². The molecule has 0 spiro atoms. The standard InChI is InChI=1S/C14H13BrClN3S/c1-7-5-8(2)18-14(12(7)13(17)20)19-9-3-4-10(15)11(16)6-9/h3-6H,1-2H3,(H2,17,20)(H,18,19). The summed E-state index contributed by atoms with van der Waals surface area (Å²) in [5.41, 5.74) is 9.26. The molecule has 0 aliphatic heterocycles. The highest BCUT2D eigenvalue weighted by atomic mass is 79.9. The molecule has 0 aliphatic carbocycles. The first-order chi connectivity index (χ1) is 9.38. The fraction of sp³-hybridized carbons (Fsp3) is 0.143. The number of nitrogens with zero attached hydrogens (tertiary/aromatic N) is 1. The van der Waals surface area contributed by atoms with Gasteiger partial charge in [-0.25, -0.2) is 4.98 Å². The van der Waals surface area contributed by atoms with E-state index in [0.717, 1.165) is 27.0 Å². The summed E-state index contributed by atoms with van der Waals surface area (Å²) >= 11 is 14.6. The maximum Gasteiger partial charge on any atom is 0.141 e. The molecular weight excluding hydrogens is 358 g/mol. The Morgan fingerprint density at radius 1 is 1.35 bits per heavy atom. The van der Waals surface area contributed by atoms with Crippen LogP contribution in [-0.4, -0.2) is 9.97 Å². The second-order valence-corrected chi connectivity index (χ2v) is 6.12. The fourth-order valence-corrected chi connectivity index (χ4v) is 2.63. The van der Waals surface area contributed by atoms with Crippen LogP contribution in [0.1, 0.15) is 16.8 Å². The minimum absolute atomic E-state index is 0.320. The van der Waals surface area contributed by atoms with Crippen molar-refractivity contribution in [3.8, 4) is 0 Å². The van der Waals surface area contributed by atoms with Crippen molar-refractivity contribution in [3.05, 3.63) is 50.6 Å². The van der Waals surface area contributed by atoms with Gasteiger partial charge >= 0.3 is 0 Å². The molecule has 0 atom stereocenters. The first-order valence-corrected chi connectivity index (χ1v) is 7.46. The van der Waals surface area contributed by atoms with E-state index in [9.17, 15) is 0 Å². The Morgan fingerprint density at radius 3 is 2.65 bits per heavy atom. The number of nitrogens with two attached hydrogens (primary N) is 1. The molecule has 20 heavy (non-hydrogen) atoms. The summed E-state index contributed by atoms with van der Waals surface area (Å²) in [6, 6.07) is 7.54. The number of rotatable bonds is 3. The molecule has 1 heterocycles. The molecule has 1 aromatic heterocycles. The van der Waals surface area contributed by atoms with Crippen molar-refractivity contribution in [3.63, 3.8) is 0 Å². The fourth-order valence-electron chi connectivity index (χ4n) is 1.95. The molecule has 0 bridgehead atoms. The Hall–Kier alpha value is -1.17. The number of benzene rings is 1. The van der Waals surface area contributed by atoms with E-state index in [1.807, 2.05) is 38.1 Å².